The minimum Gasteiger partial charge on any atom is -0.788 e. The van der Waals surface area contributed by atoms with Gasteiger partial charge in [-0.3, -0.25) is 9.69 Å². The molecule has 1 amide bonds. The van der Waals surface area contributed by atoms with Crippen LogP contribution in [-0.2, 0) is 20.4 Å². The Balaban J connectivity index is 1.21. The second-order valence-electron chi connectivity index (χ2n) is 8.46. The van der Waals surface area contributed by atoms with Gasteiger partial charge in [-0.15, -0.1) is 0 Å². The summed E-state index contributed by atoms with van der Waals surface area (Å²) in [5.41, 5.74) is 1.91. The van der Waals surface area contributed by atoms with Gasteiger partial charge in [0, 0.05) is 38.7 Å². The molecule has 0 saturated carbocycles. The molecule has 0 radical (unpaired) electrons. The van der Waals surface area contributed by atoms with Crippen LogP contribution in [0.1, 0.15) is 24.8 Å². The van der Waals surface area contributed by atoms with E-state index in [1.54, 1.807) is 18.2 Å². The number of piperazine rings is 1. The van der Waals surface area contributed by atoms with E-state index in [2.05, 4.69) is 14.4 Å². The molecule has 2 aromatic rings. The normalized spacial score (nSPS) is 17.0. The number of carbonyl (C=O) groups is 1. The van der Waals surface area contributed by atoms with E-state index in [0.717, 1.165) is 51.3 Å². The minimum atomic E-state index is -5.37. The first-order chi connectivity index (χ1) is 16.7. The molecule has 2 aliphatic heterocycles. The average Bonchev–Trinajstić information content (AvgIpc) is 2.82. The molecule has 4 rings (SSSR count). The third kappa shape index (κ3) is 6.89. The molecule has 0 spiro atoms. The maximum absolute atomic E-state index is 12.1. The molecule has 0 atom stereocenters. The van der Waals surface area contributed by atoms with Crippen molar-refractivity contribution >= 4 is 48.3 Å². The minimum absolute atomic E-state index is 0.0631. The van der Waals surface area contributed by atoms with Crippen LogP contribution < -0.4 is 24.5 Å². The largest absolute Gasteiger partial charge is 0.788 e. The van der Waals surface area contributed by atoms with Crippen molar-refractivity contribution in [3.8, 4) is 5.75 Å². The number of anilines is 2. The Hall–Kier alpha value is -1.84. The number of hydrogen-bond donors (Lipinski definition) is 0. The summed E-state index contributed by atoms with van der Waals surface area (Å²) >= 11 is 12.5. The molecular weight excluding hydrogens is 516 g/mol. The zero-order valence-corrected chi connectivity index (χ0v) is 21.4. The van der Waals surface area contributed by atoms with Crippen molar-refractivity contribution in [2.75, 3.05) is 49.3 Å². The highest BCUT2D eigenvalue weighted by Gasteiger charge is 2.27. The summed E-state index contributed by atoms with van der Waals surface area (Å²) in [6.45, 7) is 5.03. The van der Waals surface area contributed by atoms with Crippen LogP contribution in [0.15, 0.2) is 36.4 Å². The Morgan fingerprint density at radius 2 is 1.74 bits per heavy atom. The van der Waals surface area contributed by atoms with E-state index in [0.29, 0.717) is 39.4 Å². The van der Waals surface area contributed by atoms with Crippen LogP contribution in [0, 0.1) is 0 Å². The molecule has 2 heterocycles. The van der Waals surface area contributed by atoms with Gasteiger partial charge in [-0.25, -0.2) is 4.62 Å². The quantitative estimate of drug-likeness (QED) is 0.352. The van der Waals surface area contributed by atoms with E-state index in [1.165, 1.54) is 6.07 Å². The number of benzene rings is 2. The van der Waals surface area contributed by atoms with Crippen LogP contribution in [0.3, 0.4) is 0 Å². The predicted molar refractivity (Wildman–Crippen MR) is 131 cm³/mol. The lowest BCUT2D eigenvalue weighted by Gasteiger charge is -2.37. The van der Waals surface area contributed by atoms with Crippen molar-refractivity contribution in [2.24, 2.45) is 0 Å². The summed E-state index contributed by atoms with van der Waals surface area (Å²) in [6, 6.07) is 10.7. The third-order valence-electron chi connectivity index (χ3n) is 6.07. The number of aryl methyl sites for hydroxylation is 1. The summed E-state index contributed by atoms with van der Waals surface area (Å²) < 4.78 is 21.2. The van der Waals surface area contributed by atoms with Gasteiger partial charge in [-0.1, -0.05) is 35.3 Å². The number of unbranched alkanes of at least 4 members (excludes halogenated alkanes) is 1. The lowest BCUT2D eigenvalue weighted by atomic mass is 10.0. The fourth-order valence-corrected chi connectivity index (χ4v) is 5.07. The summed E-state index contributed by atoms with van der Waals surface area (Å²) in [4.78, 5) is 38.8. The smallest absolute Gasteiger partial charge is 0.251 e. The van der Waals surface area contributed by atoms with Crippen molar-refractivity contribution in [1.82, 2.24) is 4.90 Å². The second kappa shape index (κ2) is 11.5. The summed E-state index contributed by atoms with van der Waals surface area (Å²) in [7, 11) is -5.37. The Bertz CT molecular complexity index is 1110. The van der Waals surface area contributed by atoms with Gasteiger partial charge in [0.25, 0.3) is 5.91 Å². The van der Waals surface area contributed by atoms with E-state index >= 15 is 0 Å². The average molecular weight is 542 g/mol. The lowest BCUT2D eigenvalue weighted by molar-refractivity contribution is -0.342. The number of ether oxygens (including phenoxy) is 1. The first-order valence-electron chi connectivity index (χ1n) is 11.4. The third-order valence-corrected chi connectivity index (χ3v) is 7.25. The number of amides is 1. The zero-order chi connectivity index (χ0) is 25.0. The number of fused-ring (bicyclic) bond motifs is 1. The van der Waals surface area contributed by atoms with E-state index in [-0.39, 0.29) is 12.1 Å². The topological polar surface area (TPSA) is 108 Å². The molecule has 12 heteroatoms. The van der Waals surface area contributed by atoms with E-state index in [1.807, 2.05) is 12.1 Å². The van der Waals surface area contributed by atoms with Crippen LogP contribution >= 0.6 is 31.0 Å². The van der Waals surface area contributed by atoms with Crippen molar-refractivity contribution in [3.63, 3.8) is 0 Å². The predicted octanol–water partition coefficient (Wildman–Crippen LogP) is 3.01. The maximum Gasteiger partial charge on any atom is 0.251 e. The highest BCUT2D eigenvalue weighted by Crippen LogP contribution is 2.37. The van der Waals surface area contributed by atoms with Gasteiger partial charge in [0.2, 0.25) is 0 Å². The Labute approximate surface area is 214 Å². The first-order valence-corrected chi connectivity index (χ1v) is 13.6. The molecule has 1 saturated heterocycles. The highest BCUT2D eigenvalue weighted by molar-refractivity contribution is 7.43. The van der Waals surface area contributed by atoms with Crippen LogP contribution in [0.2, 0.25) is 10.0 Å². The van der Waals surface area contributed by atoms with Gasteiger partial charge in [0.15, 0.2) is 0 Å². The standard InChI is InChI=1S/C23H28Cl2N3O6P/c24-19-4-3-5-20(23(19)25)27-13-11-26(12-14-27)10-1-2-15-33-18-8-6-17-7-9-22(29)28(21(17)16-18)34-35(30,31)32/h3-6,8,16H,1-2,7,9-15H2,(H2,30,31,32)/p-2. The molecule has 0 bridgehead atoms. The van der Waals surface area contributed by atoms with Gasteiger partial charge in [-0.05, 0) is 49.6 Å². The van der Waals surface area contributed by atoms with Gasteiger partial charge in [0.1, 0.15) is 5.75 Å². The van der Waals surface area contributed by atoms with Gasteiger partial charge >= 0.3 is 0 Å². The van der Waals surface area contributed by atoms with Crippen LogP contribution in [-0.4, -0.2) is 50.1 Å². The molecule has 1 fully saturated rings. The van der Waals surface area contributed by atoms with Crippen molar-refractivity contribution in [1.29, 1.82) is 0 Å². The monoisotopic (exact) mass is 541 g/mol. The molecular formula is C23H26Cl2N3O6P-2. The first kappa shape index (κ1) is 26.2. The molecule has 0 unspecified atom stereocenters. The molecule has 35 heavy (non-hydrogen) atoms. The van der Waals surface area contributed by atoms with Gasteiger partial charge in [-0.2, -0.15) is 5.06 Å². The van der Waals surface area contributed by atoms with E-state index in [4.69, 9.17) is 27.9 Å². The Morgan fingerprint density at radius 3 is 2.49 bits per heavy atom. The number of hydroxylamine groups is 1. The SMILES string of the molecule is O=C1CCc2ccc(OCCCCN3CCN(c4cccc(Cl)c4Cl)CC3)cc2N1OP(=O)([O-])[O-]. The number of rotatable bonds is 9. The zero-order valence-electron chi connectivity index (χ0n) is 19.0. The summed E-state index contributed by atoms with van der Waals surface area (Å²) in [5, 5.41) is 1.71. The molecule has 2 aliphatic rings. The van der Waals surface area contributed by atoms with Crippen molar-refractivity contribution in [3.05, 3.63) is 52.0 Å². The molecule has 0 aliphatic carbocycles. The van der Waals surface area contributed by atoms with E-state index < -0.39 is 13.7 Å². The molecule has 190 valence electrons. The number of nitrogens with zero attached hydrogens (tertiary/aromatic N) is 3. The molecule has 0 aromatic heterocycles. The van der Waals surface area contributed by atoms with Crippen LogP contribution in [0.25, 0.3) is 0 Å². The highest BCUT2D eigenvalue weighted by atomic mass is 35.5. The molecule has 9 nitrogen and oxygen atoms in total. The van der Waals surface area contributed by atoms with Crippen molar-refractivity contribution < 1.29 is 28.5 Å². The number of carbonyl (C=O) groups excluding carboxylic acids is 1. The van der Waals surface area contributed by atoms with E-state index in [9.17, 15) is 19.1 Å². The maximum atomic E-state index is 12.1. The van der Waals surface area contributed by atoms with Crippen LogP contribution in [0.5, 0.6) is 5.75 Å². The summed E-state index contributed by atoms with van der Waals surface area (Å²) in [5.74, 6) is -0.106. The fraction of sp³-hybridized carbons (Fsp3) is 0.435. The lowest BCUT2D eigenvalue weighted by Crippen LogP contribution is -2.46. The fourth-order valence-electron chi connectivity index (χ4n) is 4.28. The summed E-state index contributed by atoms with van der Waals surface area (Å²) in [6.07, 6.45) is 2.28. The number of halogens is 2. The Kier molecular flexibility index (Phi) is 8.60. The number of phosphoric acid groups is 1. The second-order valence-corrected chi connectivity index (χ2v) is 10.3. The van der Waals surface area contributed by atoms with Gasteiger partial charge < -0.3 is 24.0 Å². The Morgan fingerprint density at radius 1 is 0.971 bits per heavy atom. The van der Waals surface area contributed by atoms with Crippen molar-refractivity contribution in [2.45, 2.75) is 25.7 Å². The van der Waals surface area contributed by atoms with Gasteiger partial charge in [0.05, 0.1) is 35.8 Å². The number of hydrogen-bond acceptors (Lipinski definition) is 8. The molecule has 0 N–H and O–H groups in total. The molecule has 2 aromatic carbocycles. The van der Waals surface area contributed by atoms with Crippen LogP contribution in [0.4, 0.5) is 11.4 Å².